The quantitative estimate of drug-likeness (QED) is 0.522. The fraction of sp³-hybridized carbons (Fsp3) is 0.250. The summed E-state index contributed by atoms with van der Waals surface area (Å²) in [5.74, 6) is -0.526. The van der Waals surface area contributed by atoms with Gasteiger partial charge >= 0.3 is 0 Å². The van der Waals surface area contributed by atoms with Crippen molar-refractivity contribution in [1.29, 1.82) is 0 Å². The number of pyridine rings is 1. The molecule has 1 N–H and O–H groups in total. The second-order valence-electron chi connectivity index (χ2n) is 8.24. The number of hydrogen-bond donors (Lipinski definition) is 1. The lowest BCUT2D eigenvalue weighted by Gasteiger charge is -2.31. The third-order valence-corrected chi connectivity index (χ3v) is 5.83. The molecule has 0 fully saturated rings. The predicted octanol–water partition coefficient (Wildman–Crippen LogP) is 2.76. The van der Waals surface area contributed by atoms with Crippen molar-refractivity contribution in [2.45, 2.75) is 19.4 Å². The lowest BCUT2D eigenvalue weighted by atomic mass is 9.95. The highest BCUT2D eigenvalue weighted by molar-refractivity contribution is 5.99. The Morgan fingerprint density at radius 1 is 1.18 bits per heavy atom. The Hall–Kier alpha value is -4.14. The van der Waals surface area contributed by atoms with Crippen molar-refractivity contribution in [1.82, 2.24) is 24.1 Å². The van der Waals surface area contributed by atoms with Crippen molar-refractivity contribution >= 4 is 23.1 Å². The van der Waals surface area contributed by atoms with E-state index < -0.39 is 5.92 Å². The van der Waals surface area contributed by atoms with Crippen LogP contribution >= 0.6 is 0 Å². The summed E-state index contributed by atoms with van der Waals surface area (Å²) in [5.41, 5.74) is 4.22. The maximum atomic E-state index is 13.4. The number of amides is 2. The lowest BCUT2D eigenvalue weighted by molar-refractivity contribution is -0.118. The fourth-order valence-electron chi connectivity index (χ4n) is 4.23. The van der Waals surface area contributed by atoms with Crippen molar-refractivity contribution in [3.05, 3.63) is 77.5 Å². The van der Waals surface area contributed by atoms with Crippen LogP contribution in [0.4, 0.5) is 5.69 Å². The Morgan fingerprint density at radius 3 is 2.82 bits per heavy atom. The van der Waals surface area contributed by atoms with E-state index in [1.54, 1.807) is 35.0 Å². The monoisotopic (exact) mass is 444 g/mol. The van der Waals surface area contributed by atoms with Crippen LogP contribution in [0.15, 0.2) is 55.0 Å². The summed E-state index contributed by atoms with van der Waals surface area (Å²) >= 11 is 0. The van der Waals surface area contributed by atoms with E-state index in [1.165, 1.54) is 0 Å². The zero-order chi connectivity index (χ0) is 23.1. The summed E-state index contributed by atoms with van der Waals surface area (Å²) in [7, 11) is 3.36. The van der Waals surface area contributed by atoms with E-state index >= 15 is 0 Å². The van der Waals surface area contributed by atoms with Gasteiger partial charge in [-0.2, -0.15) is 5.10 Å². The second-order valence-corrected chi connectivity index (χ2v) is 8.24. The van der Waals surface area contributed by atoms with Gasteiger partial charge in [0.2, 0.25) is 5.91 Å². The minimum absolute atomic E-state index is 0.205. The van der Waals surface area contributed by atoms with E-state index in [1.807, 2.05) is 55.0 Å². The van der Waals surface area contributed by atoms with Crippen LogP contribution in [-0.2, 0) is 18.4 Å². The number of nitrogens with zero attached hydrogens (tertiary/aromatic N) is 5. The third-order valence-electron chi connectivity index (χ3n) is 5.83. The summed E-state index contributed by atoms with van der Waals surface area (Å²) in [5, 5.41) is 7.45. The molecule has 33 heavy (non-hydrogen) atoms. The summed E-state index contributed by atoms with van der Waals surface area (Å²) in [6.45, 7) is 2.56. The molecule has 4 aromatic rings. The Balaban J connectivity index is 1.44. The molecular weight excluding hydrogens is 420 g/mol. The zero-order valence-corrected chi connectivity index (χ0v) is 18.6. The van der Waals surface area contributed by atoms with Gasteiger partial charge in [-0.25, -0.2) is 4.98 Å². The van der Waals surface area contributed by atoms with Crippen molar-refractivity contribution in [3.63, 3.8) is 0 Å². The van der Waals surface area contributed by atoms with Crippen molar-refractivity contribution < 1.29 is 14.3 Å². The number of fused-ring (bicyclic) bond motifs is 2. The highest BCUT2D eigenvalue weighted by Gasteiger charge is 2.36. The van der Waals surface area contributed by atoms with Crippen molar-refractivity contribution in [2.75, 3.05) is 19.0 Å². The third kappa shape index (κ3) is 3.82. The molecule has 9 nitrogen and oxygen atoms in total. The number of rotatable bonds is 4. The SMILES string of the molecule is COc1ccccc1NC(=O)[C@@H]1CN(C(=O)c2cn3ccc(C)cc3n2)Cc2cn(C)nc21. The molecule has 0 aliphatic carbocycles. The molecule has 3 aromatic heterocycles. The van der Waals surface area contributed by atoms with Crippen LogP contribution in [0.1, 0.15) is 33.2 Å². The molecule has 0 bridgehead atoms. The van der Waals surface area contributed by atoms with Crippen LogP contribution in [0.3, 0.4) is 0 Å². The van der Waals surface area contributed by atoms with Gasteiger partial charge in [0.15, 0.2) is 0 Å². The Bertz CT molecular complexity index is 1370. The van der Waals surface area contributed by atoms with Crippen molar-refractivity contribution in [3.8, 4) is 5.75 Å². The second kappa shape index (κ2) is 8.09. The number of aromatic nitrogens is 4. The van der Waals surface area contributed by atoms with Crippen LogP contribution in [0, 0.1) is 6.92 Å². The normalized spacial score (nSPS) is 15.4. The van der Waals surface area contributed by atoms with E-state index in [-0.39, 0.29) is 18.4 Å². The maximum Gasteiger partial charge on any atom is 0.274 e. The lowest BCUT2D eigenvalue weighted by Crippen LogP contribution is -2.42. The number of hydrogen-bond acceptors (Lipinski definition) is 5. The Kier molecular flexibility index (Phi) is 5.08. The number of anilines is 1. The maximum absolute atomic E-state index is 13.4. The first-order chi connectivity index (χ1) is 15.9. The van der Waals surface area contributed by atoms with Gasteiger partial charge in [0.05, 0.1) is 18.5 Å². The first-order valence-electron chi connectivity index (χ1n) is 10.6. The van der Waals surface area contributed by atoms with E-state index in [0.29, 0.717) is 35.0 Å². The minimum Gasteiger partial charge on any atom is -0.495 e. The molecule has 4 heterocycles. The molecule has 168 valence electrons. The molecular formula is C24H24N6O3. The van der Waals surface area contributed by atoms with Crippen LogP contribution in [0.5, 0.6) is 5.75 Å². The zero-order valence-electron chi connectivity index (χ0n) is 18.6. The standard InChI is InChI=1S/C24H24N6O3/c1-15-8-9-29-14-19(25-21(29)10-15)24(32)30-12-16-11-28(2)27-22(16)17(13-30)23(31)26-18-6-4-5-7-20(18)33-3/h4-11,14,17H,12-13H2,1-3H3,(H,26,31)/t17-/m1/s1. The molecule has 0 saturated heterocycles. The fourth-order valence-corrected chi connectivity index (χ4v) is 4.23. The first kappa shape index (κ1) is 20.7. The van der Waals surface area contributed by atoms with Gasteiger partial charge in [-0.15, -0.1) is 0 Å². The van der Waals surface area contributed by atoms with Gasteiger partial charge in [-0.1, -0.05) is 12.1 Å². The average molecular weight is 444 g/mol. The number of aryl methyl sites for hydroxylation is 2. The molecule has 1 atom stereocenters. The molecule has 1 aliphatic rings. The molecule has 0 saturated carbocycles. The molecule has 1 aliphatic heterocycles. The molecule has 0 spiro atoms. The number of ether oxygens (including phenoxy) is 1. The summed E-state index contributed by atoms with van der Waals surface area (Å²) < 4.78 is 8.85. The average Bonchev–Trinajstić information content (AvgIpc) is 3.40. The topological polar surface area (TPSA) is 93.8 Å². The highest BCUT2D eigenvalue weighted by atomic mass is 16.5. The number of carbonyl (C=O) groups excluding carboxylic acids is 2. The minimum atomic E-state index is -0.622. The van der Waals surface area contributed by atoms with Crippen LogP contribution in [0.25, 0.3) is 5.65 Å². The number of benzene rings is 1. The van der Waals surface area contributed by atoms with Gasteiger partial charge in [-0.05, 0) is 36.8 Å². The van der Waals surface area contributed by atoms with Gasteiger partial charge in [0, 0.05) is 44.3 Å². The molecule has 2 amide bonds. The molecule has 1 aromatic carbocycles. The van der Waals surface area contributed by atoms with Crippen LogP contribution < -0.4 is 10.1 Å². The van der Waals surface area contributed by atoms with Gasteiger partial charge in [0.25, 0.3) is 5.91 Å². The Labute approximate surface area is 190 Å². The summed E-state index contributed by atoms with van der Waals surface area (Å²) in [6, 6.07) is 11.1. The van der Waals surface area contributed by atoms with E-state index in [2.05, 4.69) is 15.4 Å². The number of para-hydroxylation sites is 2. The predicted molar refractivity (Wildman–Crippen MR) is 122 cm³/mol. The molecule has 0 radical (unpaired) electrons. The number of imidazole rings is 1. The molecule has 5 rings (SSSR count). The van der Waals surface area contributed by atoms with Crippen LogP contribution in [0.2, 0.25) is 0 Å². The number of nitrogens with one attached hydrogen (secondary N) is 1. The van der Waals surface area contributed by atoms with E-state index in [0.717, 1.165) is 11.1 Å². The summed E-state index contributed by atoms with van der Waals surface area (Å²) in [4.78, 5) is 32.8. The van der Waals surface area contributed by atoms with Crippen molar-refractivity contribution in [2.24, 2.45) is 7.05 Å². The van der Waals surface area contributed by atoms with Gasteiger partial charge in [0.1, 0.15) is 23.0 Å². The molecule has 9 heteroatoms. The number of methoxy groups -OCH3 is 1. The highest BCUT2D eigenvalue weighted by Crippen LogP contribution is 2.31. The van der Waals surface area contributed by atoms with E-state index in [4.69, 9.17) is 4.74 Å². The number of carbonyl (C=O) groups is 2. The summed E-state index contributed by atoms with van der Waals surface area (Å²) in [6.07, 6.45) is 5.46. The van der Waals surface area contributed by atoms with E-state index in [9.17, 15) is 9.59 Å². The molecule has 0 unspecified atom stereocenters. The smallest absolute Gasteiger partial charge is 0.274 e. The van der Waals surface area contributed by atoms with Crippen LogP contribution in [-0.4, -0.2) is 49.5 Å². The van der Waals surface area contributed by atoms with Gasteiger partial charge < -0.3 is 19.4 Å². The van der Waals surface area contributed by atoms with Gasteiger partial charge in [-0.3, -0.25) is 14.3 Å². The Morgan fingerprint density at radius 2 is 2.00 bits per heavy atom. The largest absolute Gasteiger partial charge is 0.495 e. The first-order valence-corrected chi connectivity index (χ1v) is 10.6.